The van der Waals surface area contributed by atoms with Gasteiger partial charge in [0.05, 0.1) is 35.4 Å². The van der Waals surface area contributed by atoms with Crippen molar-refractivity contribution in [3.63, 3.8) is 0 Å². The maximum absolute atomic E-state index is 12.8. The zero-order valence-electron chi connectivity index (χ0n) is 25.9. The van der Waals surface area contributed by atoms with E-state index < -0.39 is 51.5 Å². The quantitative estimate of drug-likeness (QED) is 0.0479. The molecule has 0 amide bonds. The maximum atomic E-state index is 12.8. The van der Waals surface area contributed by atoms with Gasteiger partial charge < -0.3 is 25.7 Å². The fourth-order valence-corrected chi connectivity index (χ4v) is 7.32. The van der Waals surface area contributed by atoms with E-state index in [1.807, 2.05) is 0 Å². The molecule has 0 aliphatic rings. The lowest BCUT2D eigenvalue weighted by atomic mass is 10.1. The molecule has 48 heavy (non-hydrogen) atoms. The number of nitrogens with two attached hydrogens (primary N) is 1. The van der Waals surface area contributed by atoms with E-state index in [0.29, 0.717) is 24.5 Å². The van der Waals surface area contributed by atoms with Gasteiger partial charge in [0.25, 0.3) is 20.2 Å². The monoisotopic (exact) mass is 724 g/mol. The molecule has 0 saturated carbocycles. The smallest absolute Gasteiger partial charge is 0.296 e. The summed E-state index contributed by atoms with van der Waals surface area (Å²) in [5.41, 5.74) is 11.5. The highest BCUT2D eigenvalue weighted by molar-refractivity contribution is 7.89. The molecule has 7 N–H and O–H groups in total. The highest BCUT2D eigenvalue weighted by atomic mass is 32.2. The van der Waals surface area contributed by atoms with Crippen LogP contribution in [0.4, 0.5) is 28.4 Å². The van der Waals surface area contributed by atoms with Gasteiger partial charge >= 0.3 is 0 Å². The number of methoxy groups -OCH3 is 2. The van der Waals surface area contributed by atoms with Gasteiger partial charge in [-0.2, -0.15) is 21.1 Å². The summed E-state index contributed by atoms with van der Waals surface area (Å²) in [6.45, 7) is 4.17. The van der Waals surface area contributed by atoms with E-state index in [-0.39, 0.29) is 38.5 Å². The van der Waals surface area contributed by atoms with Crippen LogP contribution in [0, 0.1) is 0 Å². The van der Waals surface area contributed by atoms with Crippen molar-refractivity contribution in [2.75, 3.05) is 43.9 Å². The van der Waals surface area contributed by atoms with Gasteiger partial charge in [0.15, 0.2) is 5.75 Å². The molecule has 0 spiro atoms. The van der Waals surface area contributed by atoms with Crippen LogP contribution in [0.1, 0.15) is 13.8 Å². The molecule has 0 fully saturated rings. The number of phenols is 1. The first-order chi connectivity index (χ1) is 22.5. The van der Waals surface area contributed by atoms with E-state index in [0.717, 1.165) is 18.2 Å². The Morgan fingerprint density at radius 2 is 1.42 bits per heavy atom. The van der Waals surface area contributed by atoms with Crippen LogP contribution in [0.2, 0.25) is 0 Å². The molecule has 4 aromatic carbocycles. The van der Waals surface area contributed by atoms with Crippen LogP contribution in [-0.2, 0) is 30.3 Å². The minimum absolute atomic E-state index is 0.0126. The number of hydrazine groups is 1. The Morgan fingerprint density at radius 1 is 0.792 bits per heavy atom. The fourth-order valence-electron chi connectivity index (χ4n) is 4.66. The van der Waals surface area contributed by atoms with E-state index in [9.17, 15) is 39.5 Å². The third kappa shape index (κ3) is 7.37. The van der Waals surface area contributed by atoms with E-state index in [2.05, 4.69) is 21.1 Å². The van der Waals surface area contributed by atoms with Crippen LogP contribution in [0.3, 0.4) is 0 Å². The summed E-state index contributed by atoms with van der Waals surface area (Å²) in [6, 6.07) is 11.4. The zero-order valence-corrected chi connectivity index (χ0v) is 28.3. The number of nitrogens with zero attached hydrogens (tertiary/aromatic N) is 3. The molecular formula is C28H32N6O11S3. The molecule has 0 aromatic heterocycles. The third-order valence-corrected chi connectivity index (χ3v) is 10.8. The predicted octanol–water partition coefficient (Wildman–Crippen LogP) is 4.52. The van der Waals surface area contributed by atoms with Crippen molar-refractivity contribution in [2.24, 2.45) is 10.2 Å². The van der Waals surface area contributed by atoms with E-state index in [1.165, 1.54) is 42.8 Å². The van der Waals surface area contributed by atoms with Crippen LogP contribution in [0.15, 0.2) is 79.5 Å². The van der Waals surface area contributed by atoms with Crippen molar-refractivity contribution >= 4 is 69.5 Å². The van der Waals surface area contributed by atoms with Crippen LogP contribution in [0.5, 0.6) is 17.2 Å². The Balaban J connectivity index is 1.70. The highest BCUT2D eigenvalue weighted by Gasteiger charge is 2.25. The summed E-state index contributed by atoms with van der Waals surface area (Å²) in [6.07, 6.45) is 0. The van der Waals surface area contributed by atoms with Gasteiger partial charge in [0.1, 0.15) is 27.8 Å². The van der Waals surface area contributed by atoms with Crippen LogP contribution in [0.25, 0.3) is 10.8 Å². The Labute approximate surface area is 276 Å². The topological polar surface area (TPSA) is 260 Å². The van der Waals surface area contributed by atoms with Gasteiger partial charge in [-0.25, -0.2) is 8.42 Å². The Hall–Kier alpha value is -4.73. The Kier molecular flexibility index (Phi) is 10.4. The first-order valence-corrected chi connectivity index (χ1v) is 18.1. The van der Waals surface area contributed by atoms with Crippen LogP contribution < -0.4 is 26.1 Å². The summed E-state index contributed by atoms with van der Waals surface area (Å²) in [4.78, 5) is -1.49. The van der Waals surface area contributed by atoms with E-state index in [4.69, 9.17) is 15.2 Å². The first kappa shape index (κ1) is 36.1. The van der Waals surface area contributed by atoms with Crippen molar-refractivity contribution < 1.29 is 48.9 Å². The zero-order chi connectivity index (χ0) is 35.6. The lowest BCUT2D eigenvalue weighted by Crippen LogP contribution is -2.30. The molecule has 258 valence electrons. The summed E-state index contributed by atoms with van der Waals surface area (Å²) < 4.78 is 105. The second-order valence-electron chi connectivity index (χ2n) is 9.92. The minimum Gasteiger partial charge on any atom is -0.505 e. The second-order valence-corrected chi connectivity index (χ2v) is 14.7. The summed E-state index contributed by atoms with van der Waals surface area (Å²) in [5, 5.41) is 18.4. The third-order valence-electron chi connectivity index (χ3n) is 7.03. The summed E-state index contributed by atoms with van der Waals surface area (Å²) in [7, 11) is -10.8. The van der Waals surface area contributed by atoms with E-state index in [1.54, 1.807) is 26.0 Å². The number of anilines is 3. The number of sulfonamides is 1. The number of fused-ring (bicyclic) bond motifs is 1. The maximum Gasteiger partial charge on any atom is 0.296 e. The number of phenolic OH excluding ortho intramolecular Hbond substituents is 1. The molecule has 0 aliphatic heterocycles. The molecule has 17 nitrogen and oxygen atoms in total. The summed E-state index contributed by atoms with van der Waals surface area (Å²) >= 11 is 0. The molecule has 0 aliphatic carbocycles. The predicted molar refractivity (Wildman–Crippen MR) is 177 cm³/mol. The number of ether oxygens (including phenoxy) is 2. The molecule has 0 atom stereocenters. The van der Waals surface area contributed by atoms with Gasteiger partial charge in [-0.05, 0) is 47.9 Å². The van der Waals surface area contributed by atoms with Crippen LogP contribution in [-0.4, -0.2) is 71.1 Å². The molecule has 20 heteroatoms. The molecule has 4 aromatic rings. The molecule has 0 radical (unpaired) electrons. The number of aromatic hydroxyl groups is 1. The van der Waals surface area contributed by atoms with Crippen molar-refractivity contribution in [2.45, 2.75) is 28.5 Å². The van der Waals surface area contributed by atoms with Crippen molar-refractivity contribution in [1.82, 2.24) is 4.31 Å². The average Bonchev–Trinajstić information content (AvgIpc) is 3.02. The number of rotatable bonds is 13. The van der Waals surface area contributed by atoms with Crippen molar-refractivity contribution in [3.05, 3.63) is 54.6 Å². The van der Waals surface area contributed by atoms with Gasteiger partial charge in [-0.1, -0.05) is 13.8 Å². The van der Waals surface area contributed by atoms with E-state index >= 15 is 0 Å². The lowest BCUT2D eigenvalue weighted by molar-refractivity contribution is 0.405. The first-order valence-electron chi connectivity index (χ1n) is 13.8. The van der Waals surface area contributed by atoms with Crippen molar-refractivity contribution in [1.29, 1.82) is 0 Å². The highest BCUT2D eigenvalue weighted by Crippen LogP contribution is 2.45. The second kappa shape index (κ2) is 13.8. The molecule has 0 saturated heterocycles. The Morgan fingerprint density at radius 3 is 1.96 bits per heavy atom. The number of hydrogen-bond donors (Lipinski definition) is 6. The number of nitrogen functional groups attached to an aromatic ring is 1. The van der Waals surface area contributed by atoms with Crippen LogP contribution >= 0.6 is 0 Å². The summed E-state index contributed by atoms with van der Waals surface area (Å²) in [5.74, 6) is -0.569. The Bertz CT molecular complexity index is 2220. The number of nitrogens with one attached hydrogen (secondary N) is 2. The number of azo groups is 1. The molecule has 0 heterocycles. The molecule has 0 bridgehead atoms. The SMILES string of the molecule is CCN(CC)S(=O)(=O)c1ccc(NNc2cc(OC)c(N=Nc3c(S(=O)(=O)O)cc4cc(S(=O)(=O)O)cc(N)c4c3O)cc2OC)cc1. The average molecular weight is 725 g/mol. The van der Waals surface area contributed by atoms with Gasteiger partial charge in [0, 0.05) is 36.3 Å². The van der Waals surface area contributed by atoms with Gasteiger partial charge in [-0.15, -0.1) is 10.2 Å². The van der Waals surface area contributed by atoms with Gasteiger partial charge in [0.2, 0.25) is 10.0 Å². The standard InChI is InChI=1S/C28H32N6O11S3/c1-5-34(6-2)46(36,37)18-9-7-17(8-10-18)30-31-21-14-24(45-4)22(15-23(21)44-3)32-33-27-25(48(41,42)43)12-16-11-19(47(38,39)40)13-20(29)26(16)28(27)35/h7-15,30-31,35H,5-6,29H2,1-4H3,(H,38,39,40)(H,41,42,43). The van der Waals surface area contributed by atoms with Crippen molar-refractivity contribution in [3.8, 4) is 17.2 Å². The molecule has 0 unspecified atom stereocenters. The van der Waals surface area contributed by atoms with Gasteiger partial charge in [-0.3, -0.25) is 14.5 Å². The lowest BCUT2D eigenvalue weighted by Gasteiger charge is -2.19. The largest absolute Gasteiger partial charge is 0.505 e. The number of benzene rings is 4. The molecular weight excluding hydrogens is 693 g/mol. The number of hydrogen-bond acceptors (Lipinski definition) is 14. The fraction of sp³-hybridized carbons (Fsp3) is 0.214. The minimum atomic E-state index is -5.08. The normalized spacial score (nSPS) is 12.5. The molecule has 4 rings (SSSR count).